The van der Waals surface area contributed by atoms with Gasteiger partial charge < -0.3 is 10.4 Å². The smallest absolute Gasteiger partial charge is 0.137 e. The summed E-state index contributed by atoms with van der Waals surface area (Å²) in [7, 11) is 0. The molecule has 0 saturated carbocycles. The molecule has 1 heterocycles. The highest BCUT2D eigenvalue weighted by Gasteiger charge is 2.33. The summed E-state index contributed by atoms with van der Waals surface area (Å²) in [5, 5.41) is 18.8. The number of benzene rings is 2. The van der Waals surface area contributed by atoms with Gasteiger partial charge in [0.2, 0.25) is 0 Å². The zero-order valence-electron chi connectivity index (χ0n) is 13.7. The first-order valence-electron chi connectivity index (χ1n) is 7.92. The maximum Gasteiger partial charge on any atom is 0.137 e. The lowest BCUT2D eigenvalue weighted by atomic mass is 9.92. The summed E-state index contributed by atoms with van der Waals surface area (Å²) >= 11 is 5.86. The zero-order valence-corrected chi connectivity index (χ0v) is 14.5. The predicted molar refractivity (Wildman–Crippen MR) is 93.4 cm³/mol. The molecule has 0 amide bonds. The molecular formula is C18H17ClF2N4O. The molecule has 0 aliphatic heterocycles. The van der Waals surface area contributed by atoms with Crippen LogP contribution in [0.1, 0.15) is 11.1 Å². The summed E-state index contributed by atoms with van der Waals surface area (Å²) in [5.41, 5.74) is -0.701. The highest BCUT2D eigenvalue weighted by Crippen LogP contribution is 2.26. The van der Waals surface area contributed by atoms with Crippen LogP contribution < -0.4 is 5.32 Å². The minimum absolute atomic E-state index is 0.0157. The summed E-state index contributed by atoms with van der Waals surface area (Å²) in [5.74, 6) is -1.52. The second kappa shape index (κ2) is 7.90. The van der Waals surface area contributed by atoms with Crippen LogP contribution in [0.4, 0.5) is 8.78 Å². The molecule has 0 saturated heterocycles. The number of aliphatic hydroxyl groups is 1. The van der Waals surface area contributed by atoms with Gasteiger partial charge in [0.1, 0.15) is 29.9 Å². The lowest BCUT2D eigenvalue weighted by Gasteiger charge is -2.29. The van der Waals surface area contributed by atoms with Crippen LogP contribution in [-0.2, 0) is 18.7 Å². The topological polar surface area (TPSA) is 63.0 Å². The first kappa shape index (κ1) is 18.4. The number of hydrogen-bond donors (Lipinski definition) is 2. The minimum atomic E-state index is -1.64. The van der Waals surface area contributed by atoms with Gasteiger partial charge in [-0.1, -0.05) is 29.8 Å². The SMILES string of the molecule is OC(CNCc1ccc(Cl)cc1)(Cn1cncn1)c1ccc(F)cc1F. The van der Waals surface area contributed by atoms with E-state index >= 15 is 0 Å². The Bertz CT molecular complexity index is 858. The number of aromatic nitrogens is 3. The third-order valence-corrected chi connectivity index (χ3v) is 4.23. The van der Waals surface area contributed by atoms with Crippen LogP contribution in [0.15, 0.2) is 55.1 Å². The fraction of sp³-hybridized carbons (Fsp3) is 0.222. The number of nitrogens with one attached hydrogen (secondary N) is 1. The lowest BCUT2D eigenvalue weighted by Crippen LogP contribution is -2.42. The Morgan fingerprint density at radius 1 is 1.15 bits per heavy atom. The molecule has 1 unspecified atom stereocenters. The fourth-order valence-electron chi connectivity index (χ4n) is 2.70. The summed E-state index contributed by atoms with van der Waals surface area (Å²) < 4.78 is 28.9. The molecule has 1 aromatic heterocycles. The molecule has 0 bridgehead atoms. The molecule has 0 aliphatic carbocycles. The first-order chi connectivity index (χ1) is 12.5. The van der Waals surface area contributed by atoms with Crippen LogP contribution >= 0.6 is 11.6 Å². The van der Waals surface area contributed by atoms with Gasteiger partial charge >= 0.3 is 0 Å². The fourth-order valence-corrected chi connectivity index (χ4v) is 2.83. The number of halogens is 3. The van der Waals surface area contributed by atoms with Gasteiger partial charge in [-0.05, 0) is 23.8 Å². The Kier molecular flexibility index (Phi) is 5.61. The minimum Gasteiger partial charge on any atom is -0.382 e. The van der Waals surface area contributed by atoms with Crippen molar-refractivity contribution in [1.29, 1.82) is 0 Å². The monoisotopic (exact) mass is 378 g/mol. The third-order valence-electron chi connectivity index (χ3n) is 3.98. The van der Waals surface area contributed by atoms with E-state index in [0.29, 0.717) is 11.6 Å². The highest BCUT2D eigenvalue weighted by molar-refractivity contribution is 6.30. The molecule has 2 N–H and O–H groups in total. The lowest BCUT2D eigenvalue weighted by molar-refractivity contribution is 0.0117. The van der Waals surface area contributed by atoms with Crippen molar-refractivity contribution >= 4 is 11.6 Å². The van der Waals surface area contributed by atoms with E-state index in [9.17, 15) is 13.9 Å². The van der Waals surface area contributed by atoms with Gasteiger partial charge in [-0.25, -0.2) is 18.4 Å². The summed E-state index contributed by atoms with van der Waals surface area (Å²) in [6, 6.07) is 10.3. The Hall–Kier alpha value is -2.35. The number of hydrogen-bond acceptors (Lipinski definition) is 4. The molecule has 0 fully saturated rings. The first-order valence-corrected chi connectivity index (χ1v) is 8.29. The van der Waals surface area contributed by atoms with E-state index in [1.165, 1.54) is 23.4 Å². The molecule has 5 nitrogen and oxygen atoms in total. The quantitative estimate of drug-likeness (QED) is 0.663. The van der Waals surface area contributed by atoms with E-state index in [4.69, 9.17) is 11.6 Å². The molecule has 0 aliphatic rings. The molecule has 0 radical (unpaired) electrons. The second-order valence-corrected chi connectivity index (χ2v) is 6.42. The normalized spacial score (nSPS) is 13.5. The molecule has 2 aromatic carbocycles. The van der Waals surface area contributed by atoms with E-state index in [-0.39, 0.29) is 18.7 Å². The van der Waals surface area contributed by atoms with Crippen LogP contribution in [-0.4, -0.2) is 26.4 Å². The molecule has 136 valence electrons. The van der Waals surface area contributed by atoms with Gasteiger partial charge in [0, 0.05) is 29.7 Å². The van der Waals surface area contributed by atoms with Crippen LogP contribution in [0.5, 0.6) is 0 Å². The molecular weight excluding hydrogens is 362 g/mol. The van der Waals surface area contributed by atoms with Gasteiger partial charge in [-0.2, -0.15) is 5.10 Å². The molecule has 8 heteroatoms. The highest BCUT2D eigenvalue weighted by atomic mass is 35.5. The Morgan fingerprint density at radius 3 is 2.58 bits per heavy atom. The average Bonchev–Trinajstić information content (AvgIpc) is 3.09. The Labute approximate surface area is 154 Å². The summed E-state index contributed by atoms with van der Waals surface area (Å²) in [6.45, 7) is 0.431. The van der Waals surface area contributed by atoms with E-state index in [0.717, 1.165) is 17.7 Å². The molecule has 26 heavy (non-hydrogen) atoms. The second-order valence-electron chi connectivity index (χ2n) is 5.98. The number of rotatable bonds is 7. The van der Waals surface area contributed by atoms with Crippen LogP contribution in [0.25, 0.3) is 0 Å². The van der Waals surface area contributed by atoms with Crippen molar-refractivity contribution in [2.24, 2.45) is 0 Å². The zero-order chi connectivity index (χ0) is 18.6. The Balaban J connectivity index is 1.79. The van der Waals surface area contributed by atoms with Crippen LogP contribution in [0.2, 0.25) is 5.02 Å². The molecule has 3 aromatic rings. The molecule has 1 atom stereocenters. The van der Waals surface area contributed by atoms with E-state index in [1.54, 1.807) is 12.1 Å². The average molecular weight is 379 g/mol. The van der Waals surface area contributed by atoms with E-state index in [1.807, 2.05) is 12.1 Å². The van der Waals surface area contributed by atoms with Crippen molar-refractivity contribution in [3.8, 4) is 0 Å². The van der Waals surface area contributed by atoms with Crippen molar-refractivity contribution in [3.63, 3.8) is 0 Å². The maximum absolute atomic E-state index is 14.3. The Morgan fingerprint density at radius 2 is 1.92 bits per heavy atom. The van der Waals surface area contributed by atoms with Gasteiger partial charge in [0.05, 0.1) is 6.54 Å². The molecule has 0 spiro atoms. The van der Waals surface area contributed by atoms with E-state index < -0.39 is 17.2 Å². The third kappa shape index (κ3) is 4.43. The van der Waals surface area contributed by atoms with Crippen molar-refractivity contribution < 1.29 is 13.9 Å². The largest absolute Gasteiger partial charge is 0.382 e. The van der Waals surface area contributed by atoms with Crippen molar-refractivity contribution in [2.45, 2.75) is 18.7 Å². The number of nitrogens with zero attached hydrogens (tertiary/aromatic N) is 3. The van der Waals surface area contributed by atoms with Gasteiger partial charge in [0.15, 0.2) is 0 Å². The van der Waals surface area contributed by atoms with Crippen LogP contribution in [0.3, 0.4) is 0 Å². The van der Waals surface area contributed by atoms with Gasteiger partial charge in [0.25, 0.3) is 0 Å². The molecule has 3 rings (SSSR count). The predicted octanol–water partition coefficient (Wildman–Crippen LogP) is 2.89. The van der Waals surface area contributed by atoms with Crippen molar-refractivity contribution in [3.05, 3.63) is 82.9 Å². The van der Waals surface area contributed by atoms with Crippen molar-refractivity contribution in [1.82, 2.24) is 20.1 Å². The standard InChI is InChI=1S/C18H17ClF2N4O/c19-14-3-1-13(2-4-14)8-22-9-18(26,10-25-12-23-11-24-25)16-6-5-15(20)7-17(16)21/h1-7,11-12,22,26H,8-10H2. The van der Waals surface area contributed by atoms with Crippen LogP contribution in [0, 0.1) is 11.6 Å². The summed E-state index contributed by atoms with van der Waals surface area (Å²) in [6.07, 6.45) is 2.74. The summed E-state index contributed by atoms with van der Waals surface area (Å²) in [4.78, 5) is 3.83. The van der Waals surface area contributed by atoms with Gasteiger partial charge in [-0.15, -0.1) is 0 Å². The van der Waals surface area contributed by atoms with Crippen molar-refractivity contribution in [2.75, 3.05) is 6.54 Å². The van der Waals surface area contributed by atoms with E-state index in [2.05, 4.69) is 15.4 Å². The van der Waals surface area contributed by atoms with Gasteiger partial charge in [-0.3, -0.25) is 0 Å². The maximum atomic E-state index is 14.3.